The van der Waals surface area contributed by atoms with Crippen LogP contribution < -0.4 is 9.64 Å². The second kappa shape index (κ2) is 4.33. The quantitative estimate of drug-likeness (QED) is 0.818. The molecule has 1 atom stereocenters. The van der Waals surface area contributed by atoms with E-state index in [1.54, 1.807) is 12.1 Å². The molecule has 1 aromatic heterocycles. The molecule has 0 N–H and O–H groups in total. The summed E-state index contributed by atoms with van der Waals surface area (Å²) in [4.78, 5) is 2.05. The largest absolute Gasteiger partial charge is 0.484 e. The maximum atomic E-state index is 13.7. The second-order valence-electron chi connectivity index (χ2n) is 4.39. The minimum absolute atomic E-state index is 0.0544. The Labute approximate surface area is 104 Å². The van der Waals surface area contributed by atoms with Crippen LogP contribution in [0.15, 0.2) is 35.1 Å². The van der Waals surface area contributed by atoms with Crippen molar-refractivity contribution in [2.75, 3.05) is 11.4 Å². The van der Waals surface area contributed by atoms with Crippen LogP contribution in [0.25, 0.3) is 0 Å². The number of nitrogens with zero attached hydrogens (tertiary/aromatic N) is 2. The number of hydrogen-bond acceptors (Lipinski definition) is 4. The summed E-state index contributed by atoms with van der Waals surface area (Å²) >= 11 is 0. The van der Waals surface area contributed by atoms with Gasteiger partial charge in [-0.25, -0.2) is 4.39 Å². The SMILES string of the molecule is C[C@@H]1CN(Cc2ccon2)c2cccc(F)c2O1. The minimum atomic E-state index is -0.329. The topological polar surface area (TPSA) is 38.5 Å². The molecule has 1 aromatic carbocycles. The molecular weight excluding hydrogens is 235 g/mol. The molecule has 1 aliphatic rings. The molecule has 4 nitrogen and oxygen atoms in total. The lowest BCUT2D eigenvalue weighted by atomic mass is 10.2. The van der Waals surface area contributed by atoms with E-state index in [-0.39, 0.29) is 11.9 Å². The third-order valence-corrected chi connectivity index (χ3v) is 2.93. The van der Waals surface area contributed by atoms with Gasteiger partial charge in [0.1, 0.15) is 18.1 Å². The van der Waals surface area contributed by atoms with Crippen molar-refractivity contribution in [3.05, 3.63) is 42.0 Å². The number of aromatic nitrogens is 1. The lowest BCUT2D eigenvalue weighted by Crippen LogP contribution is -2.38. The molecule has 1 aliphatic heterocycles. The molecule has 0 radical (unpaired) electrons. The summed E-state index contributed by atoms with van der Waals surface area (Å²) in [6.45, 7) is 3.20. The first-order valence-corrected chi connectivity index (χ1v) is 5.83. The fourth-order valence-corrected chi connectivity index (χ4v) is 2.17. The molecular formula is C13H13FN2O2. The van der Waals surface area contributed by atoms with Crippen molar-refractivity contribution in [1.82, 2.24) is 5.16 Å². The molecule has 0 fully saturated rings. The van der Waals surface area contributed by atoms with E-state index in [2.05, 4.69) is 5.16 Å². The van der Waals surface area contributed by atoms with Gasteiger partial charge in [-0.3, -0.25) is 0 Å². The van der Waals surface area contributed by atoms with Gasteiger partial charge in [0, 0.05) is 6.07 Å². The van der Waals surface area contributed by atoms with Crippen LogP contribution in [0, 0.1) is 5.82 Å². The fraction of sp³-hybridized carbons (Fsp3) is 0.308. The highest BCUT2D eigenvalue weighted by atomic mass is 19.1. The first-order valence-electron chi connectivity index (χ1n) is 5.83. The van der Waals surface area contributed by atoms with E-state index in [9.17, 15) is 4.39 Å². The summed E-state index contributed by atoms with van der Waals surface area (Å²) in [6.07, 6.45) is 1.48. The van der Waals surface area contributed by atoms with Crippen LogP contribution in [0.1, 0.15) is 12.6 Å². The van der Waals surface area contributed by atoms with Crippen LogP contribution in [-0.4, -0.2) is 17.8 Å². The van der Waals surface area contributed by atoms with Gasteiger partial charge < -0.3 is 14.2 Å². The molecule has 18 heavy (non-hydrogen) atoms. The number of anilines is 1. The van der Waals surface area contributed by atoms with Gasteiger partial charge in [-0.2, -0.15) is 0 Å². The molecule has 0 aliphatic carbocycles. The molecule has 0 unspecified atom stereocenters. The van der Waals surface area contributed by atoms with E-state index in [1.165, 1.54) is 12.3 Å². The van der Waals surface area contributed by atoms with Crippen LogP contribution in [-0.2, 0) is 6.54 Å². The number of para-hydroxylation sites is 1. The standard InChI is InChI=1S/C13H13FN2O2/c1-9-7-16(8-10-5-6-17-15-10)12-4-2-3-11(14)13(12)18-9/h2-6,9H,7-8H2,1H3/t9-/m1/s1. The normalized spacial score (nSPS) is 18.3. The Balaban J connectivity index is 1.94. The Hall–Kier alpha value is -2.04. The van der Waals surface area contributed by atoms with Crippen molar-refractivity contribution in [3.8, 4) is 5.75 Å². The van der Waals surface area contributed by atoms with Crippen LogP contribution in [0.4, 0.5) is 10.1 Å². The van der Waals surface area contributed by atoms with Gasteiger partial charge >= 0.3 is 0 Å². The van der Waals surface area contributed by atoms with Crippen LogP contribution in [0.2, 0.25) is 0 Å². The van der Waals surface area contributed by atoms with E-state index >= 15 is 0 Å². The van der Waals surface area contributed by atoms with Crippen molar-refractivity contribution in [1.29, 1.82) is 0 Å². The summed E-state index contributed by atoms with van der Waals surface area (Å²) in [5.74, 6) is -0.0102. The first kappa shape index (κ1) is 11.1. The lowest BCUT2D eigenvalue weighted by molar-refractivity contribution is 0.202. The smallest absolute Gasteiger partial charge is 0.178 e. The molecule has 3 rings (SSSR count). The average molecular weight is 248 g/mol. The van der Waals surface area contributed by atoms with Gasteiger partial charge in [-0.05, 0) is 19.1 Å². The monoisotopic (exact) mass is 248 g/mol. The van der Waals surface area contributed by atoms with Crippen molar-refractivity contribution in [2.45, 2.75) is 19.6 Å². The number of rotatable bonds is 2. The molecule has 0 saturated carbocycles. The maximum Gasteiger partial charge on any atom is 0.178 e. The van der Waals surface area contributed by atoms with Gasteiger partial charge in [-0.1, -0.05) is 11.2 Å². The Kier molecular flexibility index (Phi) is 2.66. The zero-order chi connectivity index (χ0) is 12.5. The molecule has 5 heteroatoms. The molecule has 0 bridgehead atoms. The highest BCUT2D eigenvalue weighted by molar-refractivity contribution is 5.60. The molecule has 94 valence electrons. The number of ether oxygens (including phenoxy) is 1. The first-order chi connectivity index (χ1) is 8.74. The number of hydrogen-bond donors (Lipinski definition) is 0. The third kappa shape index (κ3) is 1.92. The Morgan fingerprint density at radius 2 is 2.33 bits per heavy atom. The average Bonchev–Trinajstić information content (AvgIpc) is 2.83. The van der Waals surface area contributed by atoms with Crippen molar-refractivity contribution >= 4 is 5.69 Å². The Morgan fingerprint density at radius 1 is 1.44 bits per heavy atom. The molecule has 0 spiro atoms. The highest BCUT2D eigenvalue weighted by Crippen LogP contribution is 2.36. The van der Waals surface area contributed by atoms with Crippen LogP contribution >= 0.6 is 0 Å². The van der Waals surface area contributed by atoms with Crippen LogP contribution in [0.3, 0.4) is 0 Å². The van der Waals surface area contributed by atoms with Gasteiger partial charge in [-0.15, -0.1) is 0 Å². The fourth-order valence-electron chi connectivity index (χ4n) is 2.17. The molecule has 0 saturated heterocycles. The Bertz CT molecular complexity index is 542. The zero-order valence-electron chi connectivity index (χ0n) is 9.97. The maximum absolute atomic E-state index is 13.7. The van der Waals surface area contributed by atoms with Crippen molar-refractivity contribution in [2.24, 2.45) is 0 Å². The van der Waals surface area contributed by atoms with Crippen molar-refractivity contribution < 1.29 is 13.7 Å². The molecule has 0 amide bonds. The van der Waals surface area contributed by atoms with Crippen molar-refractivity contribution in [3.63, 3.8) is 0 Å². The van der Waals surface area contributed by atoms with E-state index in [0.717, 1.165) is 11.4 Å². The number of halogens is 1. The lowest BCUT2D eigenvalue weighted by Gasteiger charge is -2.34. The molecule has 2 heterocycles. The summed E-state index contributed by atoms with van der Waals surface area (Å²) in [7, 11) is 0. The second-order valence-corrected chi connectivity index (χ2v) is 4.39. The summed E-state index contributed by atoms with van der Waals surface area (Å²) in [5, 5.41) is 3.88. The van der Waals surface area contributed by atoms with E-state index in [1.807, 2.05) is 17.9 Å². The van der Waals surface area contributed by atoms with E-state index in [0.29, 0.717) is 18.8 Å². The summed E-state index contributed by atoms with van der Waals surface area (Å²) in [5.41, 5.74) is 1.58. The minimum Gasteiger partial charge on any atom is -0.484 e. The predicted molar refractivity (Wildman–Crippen MR) is 64.0 cm³/mol. The summed E-state index contributed by atoms with van der Waals surface area (Å²) < 4.78 is 24.1. The predicted octanol–water partition coefficient (Wildman–Crippen LogP) is 2.60. The van der Waals surface area contributed by atoms with E-state index in [4.69, 9.17) is 9.26 Å². The Morgan fingerprint density at radius 3 is 3.11 bits per heavy atom. The number of fused-ring (bicyclic) bond motifs is 1. The van der Waals surface area contributed by atoms with Crippen LogP contribution in [0.5, 0.6) is 5.75 Å². The third-order valence-electron chi connectivity index (χ3n) is 2.93. The molecule has 2 aromatic rings. The summed E-state index contributed by atoms with van der Waals surface area (Å²) in [6, 6.07) is 6.75. The van der Waals surface area contributed by atoms with E-state index < -0.39 is 0 Å². The zero-order valence-corrected chi connectivity index (χ0v) is 9.97. The highest BCUT2D eigenvalue weighted by Gasteiger charge is 2.25. The van der Waals surface area contributed by atoms with Gasteiger partial charge in [0.05, 0.1) is 18.8 Å². The van der Waals surface area contributed by atoms with Gasteiger partial charge in [0.15, 0.2) is 11.6 Å². The van der Waals surface area contributed by atoms with Gasteiger partial charge in [0.25, 0.3) is 0 Å². The number of benzene rings is 1. The van der Waals surface area contributed by atoms with Gasteiger partial charge in [0.2, 0.25) is 0 Å².